The molecule has 0 aliphatic heterocycles. The van der Waals surface area contributed by atoms with Crippen LogP contribution in [0.25, 0.3) is 0 Å². The second kappa shape index (κ2) is 19.1. The molecule has 0 amide bonds. The first-order valence-electron chi connectivity index (χ1n) is 19.0. The molecule has 5 aromatic carbocycles. The van der Waals surface area contributed by atoms with Crippen molar-refractivity contribution >= 4 is 39.6 Å². The molecule has 0 bridgehead atoms. The standard InChI is InChI=1S/C32H12BF24.C11H10ClN2/c34-25(35,36)13-1-14(26(37,38)39)6-21(5-13)33(22-7-15(27(40,41)42)2-16(8-22)28(43,44)45,23-9-17(29(46,47)48)3-18(10-23)30(49,50)51)24-11-19(31(52,53)54)4-20(12-24)32(55,56)57;12-11-9-14(7-6-13-11)8-10-4-2-1-3-5-10/h1-12H;1-7,9H,8H2/q-1;+1. The molecule has 0 N–H and O–H groups in total. The average Bonchev–Trinajstić information content (AvgIpc) is 3.22. The van der Waals surface area contributed by atoms with Gasteiger partial charge in [-0.25, -0.2) is 4.98 Å². The lowest BCUT2D eigenvalue weighted by atomic mass is 9.12. The van der Waals surface area contributed by atoms with Crippen molar-refractivity contribution in [2.75, 3.05) is 0 Å². The summed E-state index contributed by atoms with van der Waals surface area (Å²) in [5, 5.41) is 0.517. The van der Waals surface area contributed by atoms with Crippen LogP contribution in [0.3, 0.4) is 0 Å². The lowest BCUT2D eigenvalue weighted by molar-refractivity contribution is -0.688. The fraction of sp³-hybridized carbons (Fsp3) is 0.209. The van der Waals surface area contributed by atoms with Gasteiger partial charge in [-0.3, -0.25) is 0 Å². The van der Waals surface area contributed by atoms with Crippen LogP contribution in [0.1, 0.15) is 50.1 Å². The van der Waals surface area contributed by atoms with E-state index in [4.69, 9.17) is 11.6 Å². The van der Waals surface area contributed by atoms with Gasteiger partial charge in [0.25, 0.3) is 0 Å². The van der Waals surface area contributed by atoms with Crippen LogP contribution in [0.15, 0.2) is 122 Å². The molecule has 0 fully saturated rings. The lowest BCUT2D eigenvalue weighted by Gasteiger charge is -2.46. The van der Waals surface area contributed by atoms with Crippen LogP contribution in [0.2, 0.25) is 5.15 Å². The number of nitrogens with zero attached hydrogens (tertiary/aromatic N) is 2. The van der Waals surface area contributed by atoms with E-state index in [2.05, 4.69) is 17.1 Å². The Hall–Kier alpha value is -6.15. The molecule has 6 rings (SSSR count). The zero-order valence-corrected chi connectivity index (χ0v) is 34.9. The first-order valence-corrected chi connectivity index (χ1v) is 19.4. The Balaban J connectivity index is 0.000000569. The van der Waals surface area contributed by atoms with Crippen LogP contribution in [0.4, 0.5) is 105 Å². The Morgan fingerprint density at radius 2 is 0.606 bits per heavy atom. The van der Waals surface area contributed by atoms with Gasteiger partial charge in [0.05, 0.1) is 50.7 Å². The Kier molecular flexibility index (Phi) is 15.0. The van der Waals surface area contributed by atoms with Crippen LogP contribution in [-0.2, 0) is 56.0 Å². The number of aromatic nitrogens is 2. The molecule has 0 saturated carbocycles. The molecular weight excluding hydrogens is 1050 g/mol. The first-order chi connectivity index (χ1) is 32.1. The summed E-state index contributed by atoms with van der Waals surface area (Å²) >= 11 is 5.78. The largest absolute Gasteiger partial charge is 0.416 e. The van der Waals surface area contributed by atoms with Crippen LogP contribution < -0.4 is 26.4 Å². The van der Waals surface area contributed by atoms with Crippen LogP contribution in [0.5, 0.6) is 0 Å². The summed E-state index contributed by atoms with van der Waals surface area (Å²) < 4.78 is 343. The van der Waals surface area contributed by atoms with Crippen LogP contribution in [0, 0.1) is 0 Å². The minimum atomic E-state index is -6.13. The highest BCUT2D eigenvalue weighted by Crippen LogP contribution is 2.41. The maximum Gasteiger partial charge on any atom is 0.416 e. The molecule has 382 valence electrons. The van der Waals surface area contributed by atoms with E-state index in [0.717, 1.165) is 6.54 Å². The second-order valence-electron chi connectivity index (χ2n) is 15.3. The third-order valence-electron chi connectivity index (χ3n) is 10.4. The van der Waals surface area contributed by atoms with Gasteiger partial charge in [-0.15, -0.1) is 0 Å². The number of alkyl halides is 24. The SMILES string of the molecule is Clc1c[n+](Cc2ccccc2)ccn1.FC(F)(F)c1cc([B-](c2cc(C(F)(F)F)cc(C(F)(F)F)c2)(c2cc(C(F)(F)F)cc(C(F)(F)F)c2)c2cc(C(F)(F)F)cc(C(F)(F)F)c2)cc(C(F)(F)F)c1. The fourth-order valence-electron chi connectivity index (χ4n) is 7.37. The summed E-state index contributed by atoms with van der Waals surface area (Å²) in [4.78, 5) is 3.93. The maximum absolute atomic E-state index is 14.2. The topological polar surface area (TPSA) is 16.8 Å². The summed E-state index contributed by atoms with van der Waals surface area (Å²) in [5.74, 6) is 0. The van der Waals surface area contributed by atoms with Gasteiger partial charge in [0, 0.05) is 5.56 Å². The van der Waals surface area contributed by atoms with Gasteiger partial charge in [-0.1, -0.05) is 90.5 Å². The molecule has 0 aliphatic carbocycles. The predicted octanol–water partition coefficient (Wildman–Crippen LogP) is 13.3. The van der Waals surface area contributed by atoms with Gasteiger partial charge < -0.3 is 0 Å². The Morgan fingerprint density at radius 1 is 0.366 bits per heavy atom. The fourth-order valence-corrected chi connectivity index (χ4v) is 7.55. The third kappa shape index (κ3) is 13.2. The van der Waals surface area contributed by atoms with Crippen molar-refractivity contribution in [3.05, 3.63) is 177 Å². The van der Waals surface area contributed by atoms with Gasteiger partial charge in [0.15, 0.2) is 17.9 Å². The third-order valence-corrected chi connectivity index (χ3v) is 10.6. The minimum Gasteiger partial charge on any atom is -0.233 e. The summed E-state index contributed by atoms with van der Waals surface area (Å²) in [6, 6.07) is 1.42. The summed E-state index contributed by atoms with van der Waals surface area (Å²) in [6.45, 7) is 0.822. The summed E-state index contributed by atoms with van der Waals surface area (Å²) in [6.07, 6.45) is -49.4. The highest BCUT2D eigenvalue weighted by molar-refractivity contribution is 7.20. The molecule has 0 radical (unpaired) electrons. The van der Waals surface area contributed by atoms with E-state index in [9.17, 15) is 105 Å². The van der Waals surface area contributed by atoms with E-state index in [1.807, 2.05) is 35.2 Å². The molecule has 1 heterocycles. The maximum atomic E-state index is 14.2. The van der Waals surface area contributed by atoms with Crippen molar-refractivity contribution in [2.24, 2.45) is 0 Å². The number of hydrogen-bond donors (Lipinski definition) is 0. The number of halogens is 25. The van der Waals surface area contributed by atoms with Crippen molar-refractivity contribution in [2.45, 2.75) is 56.0 Å². The molecule has 1 aromatic heterocycles. The molecular formula is C43H22BClF24N2. The highest BCUT2D eigenvalue weighted by atomic mass is 35.5. The molecule has 0 saturated heterocycles. The van der Waals surface area contributed by atoms with Gasteiger partial charge in [-0.2, -0.15) is 132 Å². The van der Waals surface area contributed by atoms with E-state index in [1.54, 1.807) is 6.20 Å². The average molecular weight is 1070 g/mol. The van der Waals surface area contributed by atoms with E-state index < -0.39 is 195 Å². The normalized spacial score (nSPS) is 13.5. The Labute approximate surface area is 387 Å². The molecule has 71 heavy (non-hydrogen) atoms. The zero-order chi connectivity index (χ0) is 53.7. The van der Waals surface area contributed by atoms with Crippen LogP contribution in [-0.4, -0.2) is 11.1 Å². The molecule has 0 unspecified atom stereocenters. The second-order valence-corrected chi connectivity index (χ2v) is 15.6. The molecule has 6 aromatic rings. The first kappa shape index (κ1) is 55.8. The van der Waals surface area contributed by atoms with Gasteiger partial charge in [0.1, 0.15) is 6.15 Å². The molecule has 2 nitrogen and oxygen atoms in total. The molecule has 0 aliphatic rings. The zero-order valence-electron chi connectivity index (χ0n) is 34.2. The summed E-state index contributed by atoms with van der Waals surface area (Å²) in [7, 11) is 0. The Bertz CT molecular complexity index is 2420. The van der Waals surface area contributed by atoms with Gasteiger partial charge >= 0.3 is 49.4 Å². The van der Waals surface area contributed by atoms with E-state index in [1.165, 1.54) is 5.56 Å². The van der Waals surface area contributed by atoms with E-state index in [-0.39, 0.29) is 0 Å². The predicted molar refractivity (Wildman–Crippen MR) is 205 cm³/mol. The molecule has 28 heteroatoms. The van der Waals surface area contributed by atoms with Crippen molar-refractivity contribution in [1.29, 1.82) is 0 Å². The van der Waals surface area contributed by atoms with Crippen molar-refractivity contribution in [3.63, 3.8) is 0 Å². The van der Waals surface area contributed by atoms with Crippen molar-refractivity contribution in [3.8, 4) is 0 Å². The summed E-state index contributed by atoms with van der Waals surface area (Å²) in [5.41, 5.74) is -29.0. The number of hydrogen-bond acceptors (Lipinski definition) is 1. The van der Waals surface area contributed by atoms with Crippen molar-refractivity contribution in [1.82, 2.24) is 4.98 Å². The van der Waals surface area contributed by atoms with Crippen LogP contribution >= 0.6 is 11.6 Å². The Morgan fingerprint density at radius 3 is 0.817 bits per heavy atom. The van der Waals surface area contributed by atoms with E-state index >= 15 is 0 Å². The number of benzene rings is 5. The monoisotopic (exact) mass is 1070 g/mol. The highest BCUT2D eigenvalue weighted by Gasteiger charge is 2.47. The van der Waals surface area contributed by atoms with E-state index in [0.29, 0.717) is 5.15 Å². The molecule has 0 spiro atoms. The number of rotatable bonds is 6. The lowest BCUT2D eigenvalue weighted by Crippen LogP contribution is -2.75. The molecule has 0 atom stereocenters. The van der Waals surface area contributed by atoms with Crippen molar-refractivity contribution < 1.29 is 110 Å². The smallest absolute Gasteiger partial charge is 0.233 e. The quantitative estimate of drug-likeness (QED) is 0.0923. The van der Waals surface area contributed by atoms with Gasteiger partial charge in [-0.05, 0) is 24.3 Å². The minimum absolute atomic E-state index is 0.517. The van der Waals surface area contributed by atoms with Gasteiger partial charge in [0.2, 0.25) is 6.20 Å².